The van der Waals surface area contributed by atoms with Crippen LogP contribution in [0.3, 0.4) is 0 Å². The maximum atomic E-state index is 10.9. The standard InChI is InChI=1S/C7H13NOS/c1-6(9)8-4-2-3-7(8)5-10/h7,10H,2-5H2,1H3. The summed E-state index contributed by atoms with van der Waals surface area (Å²) in [6.45, 7) is 2.56. The molecule has 0 aromatic rings. The summed E-state index contributed by atoms with van der Waals surface area (Å²) in [5.41, 5.74) is 0. The molecule has 0 N–H and O–H groups in total. The van der Waals surface area contributed by atoms with Gasteiger partial charge in [0.25, 0.3) is 0 Å². The van der Waals surface area contributed by atoms with Crippen LogP contribution in [0.4, 0.5) is 0 Å². The van der Waals surface area contributed by atoms with Crippen molar-refractivity contribution in [3.05, 3.63) is 0 Å². The Morgan fingerprint density at radius 3 is 2.90 bits per heavy atom. The Labute approximate surface area is 67.0 Å². The van der Waals surface area contributed by atoms with Crippen molar-refractivity contribution >= 4 is 18.5 Å². The van der Waals surface area contributed by atoms with E-state index in [4.69, 9.17) is 0 Å². The number of hydrogen-bond acceptors (Lipinski definition) is 2. The molecule has 0 saturated carbocycles. The molecule has 2 nitrogen and oxygen atoms in total. The van der Waals surface area contributed by atoms with Crippen LogP contribution in [0.15, 0.2) is 0 Å². The van der Waals surface area contributed by atoms with Crippen LogP contribution in [-0.2, 0) is 4.79 Å². The van der Waals surface area contributed by atoms with Gasteiger partial charge in [0.2, 0.25) is 5.91 Å². The lowest BCUT2D eigenvalue weighted by atomic mass is 10.2. The van der Waals surface area contributed by atoms with Crippen LogP contribution in [0.5, 0.6) is 0 Å². The second-order valence-electron chi connectivity index (χ2n) is 2.69. The molecule has 1 atom stereocenters. The molecular formula is C7H13NOS. The molecule has 1 unspecified atom stereocenters. The zero-order valence-corrected chi connectivity index (χ0v) is 7.10. The molecule has 1 rings (SSSR count). The van der Waals surface area contributed by atoms with Gasteiger partial charge < -0.3 is 4.90 Å². The third-order valence-corrected chi connectivity index (χ3v) is 2.41. The quantitative estimate of drug-likeness (QED) is 0.564. The summed E-state index contributed by atoms with van der Waals surface area (Å²) < 4.78 is 0. The van der Waals surface area contributed by atoms with Crippen LogP contribution in [0, 0.1) is 0 Å². The number of nitrogens with zero attached hydrogens (tertiary/aromatic N) is 1. The van der Waals surface area contributed by atoms with Crippen molar-refractivity contribution in [2.24, 2.45) is 0 Å². The number of rotatable bonds is 1. The zero-order chi connectivity index (χ0) is 7.56. The molecule has 3 heteroatoms. The summed E-state index contributed by atoms with van der Waals surface area (Å²) in [7, 11) is 0. The maximum absolute atomic E-state index is 10.9. The Morgan fingerprint density at radius 1 is 1.80 bits per heavy atom. The lowest BCUT2D eigenvalue weighted by Crippen LogP contribution is -2.34. The first-order valence-electron chi connectivity index (χ1n) is 3.63. The third-order valence-electron chi connectivity index (χ3n) is 1.99. The highest BCUT2D eigenvalue weighted by molar-refractivity contribution is 7.80. The SMILES string of the molecule is CC(=O)N1CCCC1CS. The molecule has 0 aromatic heterocycles. The lowest BCUT2D eigenvalue weighted by molar-refractivity contribution is -0.129. The number of likely N-dealkylation sites (tertiary alicyclic amines) is 1. The van der Waals surface area contributed by atoms with Crippen molar-refractivity contribution in [1.29, 1.82) is 0 Å². The van der Waals surface area contributed by atoms with Gasteiger partial charge in [0.15, 0.2) is 0 Å². The molecular weight excluding hydrogens is 146 g/mol. The first-order valence-corrected chi connectivity index (χ1v) is 4.27. The van der Waals surface area contributed by atoms with E-state index >= 15 is 0 Å². The third kappa shape index (κ3) is 1.45. The topological polar surface area (TPSA) is 20.3 Å². The van der Waals surface area contributed by atoms with Crippen molar-refractivity contribution in [1.82, 2.24) is 4.90 Å². The van der Waals surface area contributed by atoms with Crippen LogP contribution in [0.1, 0.15) is 19.8 Å². The number of carbonyl (C=O) groups is 1. The lowest BCUT2D eigenvalue weighted by Gasteiger charge is -2.20. The average molecular weight is 159 g/mol. The summed E-state index contributed by atoms with van der Waals surface area (Å²) >= 11 is 4.18. The van der Waals surface area contributed by atoms with E-state index in [2.05, 4.69) is 12.6 Å². The first kappa shape index (κ1) is 7.92. The molecule has 1 fully saturated rings. The first-order chi connectivity index (χ1) is 4.75. The minimum Gasteiger partial charge on any atom is -0.339 e. The fourth-order valence-electron chi connectivity index (χ4n) is 1.44. The van der Waals surface area contributed by atoms with Gasteiger partial charge in [-0.2, -0.15) is 12.6 Å². The highest BCUT2D eigenvalue weighted by atomic mass is 32.1. The Morgan fingerprint density at radius 2 is 2.50 bits per heavy atom. The molecule has 1 aliphatic heterocycles. The van der Waals surface area contributed by atoms with Crippen molar-refractivity contribution in [3.8, 4) is 0 Å². The predicted molar refractivity (Wildman–Crippen MR) is 44.3 cm³/mol. The molecule has 0 radical (unpaired) electrons. The van der Waals surface area contributed by atoms with Gasteiger partial charge in [-0.1, -0.05) is 0 Å². The van der Waals surface area contributed by atoms with Gasteiger partial charge in [-0.15, -0.1) is 0 Å². The number of carbonyl (C=O) groups excluding carboxylic acids is 1. The zero-order valence-electron chi connectivity index (χ0n) is 6.21. The van der Waals surface area contributed by atoms with Gasteiger partial charge in [-0.05, 0) is 12.8 Å². The van der Waals surface area contributed by atoms with Crippen molar-refractivity contribution in [2.75, 3.05) is 12.3 Å². The van der Waals surface area contributed by atoms with Gasteiger partial charge in [0, 0.05) is 25.3 Å². The van der Waals surface area contributed by atoms with E-state index in [0.29, 0.717) is 6.04 Å². The predicted octanol–water partition coefficient (Wildman–Crippen LogP) is 0.927. The molecule has 1 aliphatic rings. The van der Waals surface area contributed by atoms with Gasteiger partial charge in [0.05, 0.1) is 0 Å². The Balaban J connectivity index is 2.50. The minimum absolute atomic E-state index is 0.191. The Bertz CT molecular complexity index is 138. The van der Waals surface area contributed by atoms with E-state index in [1.807, 2.05) is 4.90 Å². The highest BCUT2D eigenvalue weighted by Gasteiger charge is 2.24. The summed E-state index contributed by atoms with van der Waals surface area (Å²) in [6, 6.07) is 0.404. The van der Waals surface area contributed by atoms with Crippen LogP contribution < -0.4 is 0 Å². The Kier molecular flexibility index (Phi) is 2.60. The van der Waals surface area contributed by atoms with Crippen molar-refractivity contribution in [2.45, 2.75) is 25.8 Å². The van der Waals surface area contributed by atoms with Gasteiger partial charge in [0.1, 0.15) is 0 Å². The number of thiol groups is 1. The molecule has 1 amide bonds. The molecule has 0 bridgehead atoms. The number of amides is 1. The highest BCUT2D eigenvalue weighted by Crippen LogP contribution is 2.17. The van der Waals surface area contributed by atoms with E-state index in [1.54, 1.807) is 6.92 Å². The van der Waals surface area contributed by atoms with E-state index in [-0.39, 0.29) is 5.91 Å². The second-order valence-corrected chi connectivity index (χ2v) is 3.06. The Hall–Kier alpha value is -0.180. The van der Waals surface area contributed by atoms with E-state index < -0.39 is 0 Å². The number of hydrogen-bond donors (Lipinski definition) is 1. The largest absolute Gasteiger partial charge is 0.339 e. The van der Waals surface area contributed by atoms with Crippen LogP contribution in [0.2, 0.25) is 0 Å². The second kappa shape index (κ2) is 3.28. The van der Waals surface area contributed by atoms with Crippen LogP contribution in [-0.4, -0.2) is 29.1 Å². The maximum Gasteiger partial charge on any atom is 0.219 e. The summed E-state index contributed by atoms with van der Waals surface area (Å²) in [6.07, 6.45) is 2.27. The van der Waals surface area contributed by atoms with Crippen LogP contribution >= 0.6 is 12.6 Å². The average Bonchev–Trinajstić information content (AvgIpc) is 2.33. The molecule has 1 saturated heterocycles. The molecule has 0 aliphatic carbocycles. The fourth-order valence-corrected chi connectivity index (χ4v) is 1.82. The molecule has 58 valence electrons. The molecule has 10 heavy (non-hydrogen) atoms. The smallest absolute Gasteiger partial charge is 0.219 e. The van der Waals surface area contributed by atoms with Crippen LogP contribution in [0.25, 0.3) is 0 Å². The fraction of sp³-hybridized carbons (Fsp3) is 0.857. The summed E-state index contributed by atoms with van der Waals surface area (Å²) in [4.78, 5) is 12.8. The molecule has 0 aromatic carbocycles. The summed E-state index contributed by atoms with van der Waals surface area (Å²) in [5.74, 6) is 0.996. The van der Waals surface area contributed by atoms with Gasteiger partial charge >= 0.3 is 0 Å². The molecule has 1 heterocycles. The monoisotopic (exact) mass is 159 g/mol. The normalized spacial score (nSPS) is 25.4. The van der Waals surface area contributed by atoms with Gasteiger partial charge in [-0.25, -0.2) is 0 Å². The minimum atomic E-state index is 0.191. The van der Waals surface area contributed by atoms with Crippen molar-refractivity contribution in [3.63, 3.8) is 0 Å². The van der Waals surface area contributed by atoms with Gasteiger partial charge in [-0.3, -0.25) is 4.79 Å². The van der Waals surface area contributed by atoms with Crippen molar-refractivity contribution < 1.29 is 4.79 Å². The van der Waals surface area contributed by atoms with E-state index in [9.17, 15) is 4.79 Å². The van der Waals surface area contributed by atoms with E-state index in [0.717, 1.165) is 25.1 Å². The molecule has 0 spiro atoms. The summed E-state index contributed by atoms with van der Waals surface area (Å²) in [5, 5.41) is 0. The van der Waals surface area contributed by atoms with E-state index in [1.165, 1.54) is 0 Å².